The van der Waals surface area contributed by atoms with Crippen molar-refractivity contribution >= 4 is 11.7 Å². The summed E-state index contributed by atoms with van der Waals surface area (Å²) in [5.74, 6) is 1.97. The first-order chi connectivity index (χ1) is 15.3. The summed E-state index contributed by atoms with van der Waals surface area (Å²) >= 11 is 0. The SMILES string of the molecule is O=C(NCCc1cn[nH]c1)[C@H]1CCCN(c2nc(-c3ccccc3)nc3c2CCC3)C1. The zero-order valence-electron chi connectivity index (χ0n) is 17.7. The van der Waals surface area contributed by atoms with E-state index >= 15 is 0 Å². The van der Waals surface area contributed by atoms with Crippen molar-refractivity contribution in [2.24, 2.45) is 5.92 Å². The molecule has 2 N–H and O–H groups in total. The molecule has 160 valence electrons. The van der Waals surface area contributed by atoms with E-state index in [2.05, 4.69) is 32.5 Å². The number of fused-ring (bicyclic) bond motifs is 1. The molecule has 1 aliphatic heterocycles. The predicted molar refractivity (Wildman–Crippen MR) is 120 cm³/mol. The third-order valence-corrected chi connectivity index (χ3v) is 6.30. The highest BCUT2D eigenvalue weighted by atomic mass is 16.1. The Balaban J connectivity index is 1.31. The quantitative estimate of drug-likeness (QED) is 0.645. The minimum Gasteiger partial charge on any atom is -0.355 e. The fourth-order valence-electron chi connectivity index (χ4n) is 4.66. The second kappa shape index (κ2) is 8.88. The maximum atomic E-state index is 12.8. The van der Waals surface area contributed by atoms with Crippen LogP contribution in [0.25, 0.3) is 11.4 Å². The van der Waals surface area contributed by atoms with Crippen LogP contribution in [-0.2, 0) is 24.1 Å². The molecule has 2 aromatic heterocycles. The maximum Gasteiger partial charge on any atom is 0.224 e. The Morgan fingerprint density at radius 1 is 1.16 bits per heavy atom. The van der Waals surface area contributed by atoms with Gasteiger partial charge in [0.25, 0.3) is 0 Å². The molecule has 1 amide bonds. The molecule has 3 heterocycles. The van der Waals surface area contributed by atoms with Gasteiger partial charge in [0.2, 0.25) is 5.91 Å². The lowest BCUT2D eigenvalue weighted by Crippen LogP contribution is -2.44. The molecule has 7 heteroatoms. The number of carbonyl (C=O) groups excluding carboxylic acids is 1. The predicted octanol–water partition coefficient (Wildman–Crippen LogP) is 2.93. The first-order valence-electron chi connectivity index (χ1n) is 11.2. The number of hydrogen-bond acceptors (Lipinski definition) is 5. The van der Waals surface area contributed by atoms with E-state index in [1.54, 1.807) is 6.20 Å². The summed E-state index contributed by atoms with van der Waals surface area (Å²) in [6, 6.07) is 10.2. The van der Waals surface area contributed by atoms with Crippen molar-refractivity contribution in [2.75, 3.05) is 24.5 Å². The van der Waals surface area contributed by atoms with E-state index < -0.39 is 0 Å². The van der Waals surface area contributed by atoms with Crippen molar-refractivity contribution in [3.8, 4) is 11.4 Å². The van der Waals surface area contributed by atoms with Gasteiger partial charge in [0.15, 0.2) is 5.82 Å². The Labute approximate surface area is 182 Å². The van der Waals surface area contributed by atoms with Gasteiger partial charge in [-0.1, -0.05) is 30.3 Å². The molecule has 1 fully saturated rings. The van der Waals surface area contributed by atoms with Gasteiger partial charge in [0.1, 0.15) is 5.82 Å². The van der Waals surface area contributed by atoms with Crippen LogP contribution in [0.15, 0.2) is 42.7 Å². The Bertz CT molecular complexity index is 1030. The number of hydrogen-bond donors (Lipinski definition) is 2. The molecule has 0 spiro atoms. The Morgan fingerprint density at radius 3 is 2.90 bits per heavy atom. The van der Waals surface area contributed by atoms with E-state index in [1.807, 2.05) is 24.4 Å². The van der Waals surface area contributed by atoms with E-state index in [-0.39, 0.29) is 11.8 Å². The Kier molecular flexibility index (Phi) is 5.65. The van der Waals surface area contributed by atoms with Crippen LogP contribution in [0.4, 0.5) is 5.82 Å². The molecule has 2 aliphatic rings. The topological polar surface area (TPSA) is 86.8 Å². The average molecular weight is 417 g/mol. The van der Waals surface area contributed by atoms with Crippen molar-refractivity contribution in [3.63, 3.8) is 0 Å². The van der Waals surface area contributed by atoms with Gasteiger partial charge in [0, 0.05) is 42.7 Å². The van der Waals surface area contributed by atoms with Gasteiger partial charge in [-0.15, -0.1) is 0 Å². The first-order valence-corrected chi connectivity index (χ1v) is 11.2. The number of H-pyrrole nitrogens is 1. The number of amides is 1. The highest BCUT2D eigenvalue weighted by molar-refractivity contribution is 5.79. The van der Waals surface area contributed by atoms with Crippen molar-refractivity contribution in [3.05, 3.63) is 59.5 Å². The number of anilines is 1. The second-order valence-corrected chi connectivity index (χ2v) is 8.45. The zero-order chi connectivity index (χ0) is 21.0. The number of nitrogens with zero attached hydrogens (tertiary/aromatic N) is 4. The van der Waals surface area contributed by atoms with E-state index in [9.17, 15) is 4.79 Å². The molecule has 1 aliphatic carbocycles. The van der Waals surface area contributed by atoms with E-state index in [0.29, 0.717) is 6.54 Å². The van der Waals surface area contributed by atoms with E-state index in [4.69, 9.17) is 9.97 Å². The molecule has 1 saturated heterocycles. The first kappa shape index (κ1) is 19.7. The van der Waals surface area contributed by atoms with Crippen LogP contribution in [0.1, 0.15) is 36.1 Å². The van der Waals surface area contributed by atoms with Crippen LogP contribution in [-0.4, -0.2) is 45.7 Å². The Hall–Kier alpha value is -3.22. The summed E-state index contributed by atoms with van der Waals surface area (Å²) in [7, 11) is 0. The van der Waals surface area contributed by atoms with E-state index in [1.165, 1.54) is 11.3 Å². The van der Waals surface area contributed by atoms with Gasteiger partial charge < -0.3 is 10.2 Å². The zero-order valence-corrected chi connectivity index (χ0v) is 17.7. The van der Waals surface area contributed by atoms with Gasteiger partial charge >= 0.3 is 0 Å². The molecule has 3 aromatic rings. The smallest absolute Gasteiger partial charge is 0.224 e. The highest BCUT2D eigenvalue weighted by Gasteiger charge is 2.30. The molecule has 0 unspecified atom stereocenters. The second-order valence-electron chi connectivity index (χ2n) is 8.45. The number of aryl methyl sites for hydroxylation is 1. The number of nitrogens with one attached hydrogen (secondary N) is 2. The van der Waals surface area contributed by atoms with Crippen molar-refractivity contribution in [2.45, 2.75) is 38.5 Å². The van der Waals surface area contributed by atoms with Gasteiger partial charge in [-0.2, -0.15) is 5.10 Å². The third-order valence-electron chi connectivity index (χ3n) is 6.30. The van der Waals surface area contributed by atoms with Crippen LogP contribution < -0.4 is 10.2 Å². The third kappa shape index (κ3) is 4.31. The van der Waals surface area contributed by atoms with Crippen molar-refractivity contribution in [1.29, 1.82) is 0 Å². The molecule has 5 rings (SSSR count). The lowest BCUT2D eigenvalue weighted by atomic mass is 9.96. The van der Waals surface area contributed by atoms with Crippen LogP contribution in [0.3, 0.4) is 0 Å². The molecule has 1 aromatic carbocycles. The molecule has 0 bridgehead atoms. The Morgan fingerprint density at radius 2 is 2.06 bits per heavy atom. The number of rotatable bonds is 6. The molecule has 7 nitrogen and oxygen atoms in total. The summed E-state index contributed by atoms with van der Waals surface area (Å²) in [4.78, 5) is 25.0. The lowest BCUT2D eigenvalue weighted by Gasteiger charge is -2.34. The van der Waals surface area contributed by atoms with Crippen molar-refractivity contribution < 1.29 is 4.79 Å². The molecular formula is C24H28N6O. The lowest BCUT2D eigenvalue weighted by molar-refractivity contribution is -0.125. The monoisotopic (exact) mass is 416 g/mol. The summed E-state index contributed by atoms with van der Waals surface area (Å²) < 4.78 is 0. The minimum atomic E-state index is -0.00899. The van der Waals surface area contributed by atoms with Gasteiger partial charge in [-0.05, 0) is 44.1 Å². The average Bonchev–Trinajstić information content (AvgIpc) is 3.51. The van der Waals surface area contributed by atoms with E-state index in [0.717, 1.165) is 74.4 Å². The van der Waals surface area contributed by atoms with Crippen LogP contribution in [0, 0.1) is 5.92 Å². The van der Waals surface area contributed by atoms with Crippen LogP contribution in [0.5, 0.6) is 0 Å². The highest BCUT2D eigenvalue weighted by Crippen LogP contribution is 2.33. The number of piperidine rings is 1. The molecule has 31 heavy (non-hydrogen) atoms. The number of aromatic amines is 1. The molecule has 0 radical (unpaired) electrons. The molecule has 1 atom stereocenters. The summed E-state index contributed by atoms with van der Waals surface area (Å²) in [6.45, 7) is 2.29. The summed E-state index contributed by atoms with van der Waals surface area (Å²) in [5.41, 5.74) is 4.61. The summed E-state index contributed by atoms with van der Waals surface area (Å²) in [5, 5.41) is 9.88. The fourth-order valence-corrected chi connectivity index (χ4v) is 4.66. The van der Waals surface area contributed by atoms with Crippen molar-refractivity contribution in [1.82, 2.24) is 25.5 Å². The van der Waals surface area contributed by atoms with Crippen LogP contribution >= 0.6 is 0 Å². The maximum absolute atomic E-state index is 12.8. The van der Waals surface area contributed by atoms with Gasteiger partial charge in [-0.3, -0.25) is 9.89 Å². The molecular weight excluding hydrogens is 388 g/mol. The van der Waals surface area contributed by atoms with Gasteiger partial charge in [-0.25, -0.2) is 9.97 Å². The largest absolute Gasteiger partial charge is 0.355 e. The number of benzene rings is 1. The number of carbonyl (C=O) groups is 1. The fraction of sp³-hybridized carbons (Fsp3) is 0.417. The van der Waals surface area contributed by atoms with Gasteiger partial charge in [0.05, 0.1) is 12.1 Å². The minimum absolute atomic E-state index is 0.00899. The van der Waals surface area contributed by atoms with Crippen LogP contribution in [0.2, 0.25) is 0 Å². The number of aromatic nitrogens is 4. The molecule has 0 saturated carbocycles. The summed E-state index contributed by atoms with van der Waals surface area (Å²) in [6.07, 6.45) is 9.54. The standard InChI is InChI=1S/C24H28N6O/c31-24(25-12-11-17-14-26-27-15-17)19-8-5-13-30(16-19)23-20-9-4-10-21(20)28-22(29-23)18-6-2-1-3-7-18/h1-3,6-7,14-15,19H,4-5,8-13,16H2,(H,25,31)(H,26,27)/t19-/m0/s1. The normalized spacial score (nSPS) is 18.1.